The van der Waals surface area contributed by atoms with Crippen molar-refractivity contribution in [3.8, 4) is 27.9 Å². The van der Waals surface area contributed by atoms with E-state index >= 15 is 0 Å². The van der Waals surface area contributed by atoms with Crippen molar-refractivity contribution >= 4 is 93.5 Å². The first-order valence-corrected chi connectivity index (χ1v) is 21.1. The third kappa shape index (κ3) is 5.27. The number of hydrogen-bond acceptors (Lipinski definition) is 3. The summed E-state index contributed by atoms with van der Waals surface area (Å²) in [6.07, 6.45) is 0. The average Bonchev–Trinajstić information content (AvgIpc) is 4.00. The molecule has 0 unspecified atom stereocenters. The first-order valence-electron chi connectivity index (χ1n) is 21.1. The highest BCUT2D eigenvalue weighted by Gasteiger charge is 2.24. The molecular weight excluding hydrogens is 757 g/mol. The fraction of sp³-hybridized carbons (Fsp3) is 0. The maximum atomic E-state index is 6.62. The number of aromatic nitrogens is 1. The van der Waals surface area contributed by atoms with Crippen LogP contribution in [0.4, 0.5) is 17.1 Å². The van der Waals surface area contributed by atoms with Gasteiger partial charge in [-0.15, -0.1) is 0 Å². The second kappa shape index (κ2) is 13.6. The molecule has 0 aliphatic heterocycles. The summed E-state index contributed by atoms with van der Waals surface area (Å²) in [5.74, 6) is 0. The summed E-state index contributed by atoms with van der Waals surface area (Å²) in [6.45, 7) is 0. The Kier molecular flexibility index (Phi) is 7.57. The molecule has 4 nitrogen and oxygen atoms in total. The highest BCUT2D eigenvalue weighted by molar-refractivity contribution is 6.17. The topological polar surface area (TPSA) is 34.5 Å². The minimum atomic E-state index is 0.867. The summed E-state index contributed by atoms with van der Waals surface area (Å²) in [5.41, 5.74) is 14.6. The zero-order valence-corrected chi connectivity index (χ0v) is 33.5. The Morgan fingerprint density at radius 2 is 0.919 bits per heavy atom. The number of furan rings is 2. The Morgan fingerprint density at radius 1 is 0.339 bits per heavy atom. The van der Waals surface area contributed by atoms with Crippen LogP contribution in [0.25, 0.3) is 104 Å². The lowest BCUT2D eigenvalue weighted by Gasteiger charge is -2.30. The van der Waals surface area contributed by atoms with Crippen molar-refractivity contribution in [2.75, 3.05) is 4.90 Å². The molecular formula is C58H36N2O2. The molecule has 0 spiro atoms. The molecule has 0 aliphatic carbocycles. The Labute approximate surface area is 356 Å². The summed E-state index contributed by atoms with van der Waals surface area (Å²) >= 11 is 0. The molecule has 13 aromatic rings. The van der Waals surface area contributed by atoms with Gasteiger partial charge in [-0.3, -0.25) is 0 Å². The molecule has 62 heavy (non-hydrogen) atoms. The van der Waals surface area contributed by atoms with Gasteiger partial charge in [-0.05, 0) is 106 Å². The lowest BCUT2D eigenvalue weighted by Crippen LogP contribution is -2.14. The fourth-order valence-electron chi connectivity index (χ4n) is 9.77. The van der Waals surface area contributed by atoms with E-state index in [0.717, 1.165) is 105 Å². The third-order valence-electron chi connectivity index (χ3n) is 12.6. The number of hydrogen-bond donors (Lipinski definition) is 0. The molecule has 0 atom stereocenters. The largest absolute Gasteiger partial charge is 0.456 e. The smallest absolute Gasteiger partial charge is 0.136 e. The van der Waals surface area contributed by atoms with Gasteiger partial charge in [0, 0.05) is 43.6 Å². The Morgan fingerprint density at radius 3 is 1.73 bits per heavy atom. The van der Waals surface area contributed by atoms with Crippen molar-refractivity contribution in [2.24, 2.45) is 0 Å². The van der Waals surface area contributed by atoms with Gasteiger partial charge in [0.1, 0.15) is 22.3 Å². The zero-order chi connectivity index (χ0) is 40.7. The van der Waals surface area contributed by atoms with E-state index in [0.29, 0.717) is 0 Å². The highest BCUT2D eigenvalue weighted by Crippen LogP contribution is 2.48. The van der Waals surface area contributed by atoms with Crippen LogP contribution in [0.5, 0.6) is 0 Å². The van der Waals surface area contributed by atoms with Crippen LogP contribution >= 0.6 is 0 Å². The molecule has 0 bridgehead atoms. The van der Waals surface area contributed by atoms with Crippen molar-refractivity contribution < 1.29 is 8.83 Å². The molecule has 0 amide bonds. The van der Waals surface area contributed by atoms with Crippen LogP contribution in [-0.2, 0) is 0 Å². The van der Waals surface area contributed by atoms with Crippen LogP contribution in [0.15, 0.2) is 227 Å². The van der Waals surface area contributed by atoms with Gasteiger partial charge >= 0.3 is 0 Å². The minimum absolute atomic E-state index is 0.867. The van der Waals surface area contributed by atoms with E-state index in [1.54, 1.807) is 0 Å². The van der Waals surface area contributed by atoms with Crippen molar-refractivity contribution in [3.63, 3.8) is 0 Å². The molecule has 3 heterocycles. The van der Waals surface area contributed by atoms with Gasteiger partial charge in [0.15, 0.2) is 0 Å². The summed E-state index contributed by atoms with van der Waals surface area (Å²) in [6, 6.07) is 78.2. The van der Waals surface area contributed by atoms with Gasteiger partial charge in [-0.1, -0.05) is 140 Å². The van der Waals surface area contributed by atoms with Gasteiger partial charge in [0.05, 0.1) is 28.1 Å². The molecule has 4 heteroatoms. The molecule has 0 saturated heterocycles. The van der Waals surface area contributed by atoms with Gasteiger partial charge in [-0.2, -0.15) is 0 Å². The molecule has 290 valence electrons. The van der Waals surface area contributed by atoms with Gasteiger partial charge < -0.3 is 18.3 Å². The van der Waals surface area contributed by atoms with Gasteiger partial charge in [-0.25, -0.2) is 0 Å². The van der Waals surface area contributed by atoms with E-state index < -0.39 is 0 Å². The van der Waals surface area contributed by atoms with Crippen LogP contribution < -0.4 is 4.90 Å². The standard InChI is InChI=1S/C58H36N2O2/c1-2-15-39-36-57-48(35-38(39)14-1)58-46(20-13-27-56(58)62-57)44-18-5-7-21-49(44)59(41-31-28-37(29-32-41)40-30-33-55-47(34-40)45-19-6-12-26-54(45)61-55)52-24-10-11-25-53(52)60-50-22-8-3-16-42(50)43-17-4-9-23-51(43)60/h1-36H. The van der Waals surface area contributed by atoms with E-state index in [1.807, 2.05) is 12.1 Å². The second-order valence-electron chi connectivity index (χ2n) is 16.0. The molecule has 3 aromatic heterocycles. The van der Waals surface area contributed by atoms with E-state index in [2.05, 4.69) is 216 Å². The lowest BCUT2D eigenvalue weighted by molar-refractivity contribution is 0.669. The predicted molar refractivity (Wildman–Crippen MR) is 258 cm³/mol. The first kappa shape index (κ1) is 34.5. The summed E-state index contributed by atoms with van der Waals surface area (Å²) in [4.78, 5) is 2.43. The highest BCUT2D eigenvalue weighted by atomic mass is 16.3. The van der Waals surface area contributed by atoms with E-state index in [-0.39, 0.29) is 0 Å². The SMILES string of the molecule is c1ccc(N(c2ccc(-c3ccc4oc5ccccc5c4c3)cc2)c2ccccc2-n2c3ccccc3c3ccccc32)c(-c2cccc3oc4cc5ccccc5cc4c23)c1. The third-order valence-corrected chi connectivity index (χ3v) is 12.6. The summed E-state index contributed by atoms with van der Waals surface area (Å²) in [5, 5.41) is 9.25. The van der Waals surface area contributed by atoms with Crippen LogP contribution in [0.2, 0.25) is 0 Å². The van der Waals surface area contributed by atoms with Gasteiger partial charge in [0.2, 0.25) is 0 Å². The molecule has 0 radical (unpaired) electrons. The number of rotatable bonds is 6. The normalized spacial score (nSPS) is 11.9. The van der Waals surface area contributed by atoms with Crippen molar-refractivity contribution in [2.45, 2.75) is 0 Å². The number of fused-ring (bicyclic) bond motifs is 10. The Balaban J connectivity index is 1.05. The van der Waals surface area contributed by atoms with Crippen LogP contribution in [0.1, 0.15) is 0 Å². The lowest BCUT2D eigenvalue weighted by atomic mass is 9.96. The van der Waals surface area contributed by atoms with Crippen LogP contribution in [-0.4, -0.2) is 4.57 Å². The number of para-hydroxylation sites is 6. The monoisotopic (exact) mass is 792 g/mol. The maximum Gasteiger partial charge on any atom is 0.136 e. The summed E-state index contributed by atoms with van der Waals surface area (Å²) in [7, 11) is 0. The Hall–Kier alpha value is -8.34. The fourth-order valence-corrected chi connectivity index (χ4v) is 9.77. The molecule has 0 fully saturated rings. The van der Waals surface area contributed by atoms with Gasteiger partial charge in [0.25, 0.3) is 0 Å². The quantitative estimate of drug-likeness (QED) is 0.168. The number of nitrogens with zero attached hydrogens (tertiary/aromatic N) is 2. The molecule has 0 aliphatic rings. The molecule has 10 aromatic carbocycles. The predicted octanol–water partition coefficient (Wildman–Crippen LogP) is 16.5. The van der Waals surface area contributed by atoms with E-state index in [4.69, 9.17) is 8.83 Å². The first-order chi connectivity index (χ1) is 30.7. The molecule has 13 rings (SSSR count). The Bertz CT molecular complexity index is 3830. The van der Waals surface area contributed by atoms with Crippen molar-refractivity contribution in [3.05, 3.63) is 218 Å². The minimum Gasteiger partial charge on any atom is -0.456 e. The second-order valence-corrected chi connectivity index (χ2v) is 16.0. The van der Waals surface area contributed by atoms with Crippen molar-refractivity contribution in [1.29, 1.82) is 0 Å². The van der Waals surface area contributed by atoms with Crippen molar-refractivity contribution in [1.82, 2.24) is 4.57 Å². The summed E-state index contributed by atoms with van der Waals surface area (Å²) < 4.78 is 15.2. The maximum absolute atomic E-state index is 6.62. The van der Waals surface area contributed by atoms with E-state index in [9.17, 15) is 0 Å². The van der Waals surface area contributed by atoms with E-state index in [1.165, 1.54) is 16.2 Å². The van der Waals surface area contributed by atoms with Crippen LogP contribution in [0.3, 0.4) is 0 Å². The van der Waals surface area contributed by atoms with Crippen LogP contribution in [0, 0.1) is 0 Å². The molecule has 0 saturated carbocycles. The zero-order valence-electron chi connectivity index (χ0n) is 33.5. The number of anilines is 3. The molecule has 0 N–H and O–H groups in total. The number of benzene rings is 10. The average molecular weight is 793 g/mol.